The second-order valence-electron chi connectivity index (χ2n) is 7.80. The molecule has 2 aromatic carbocycles. The first kappa shape index (κ1) is 18.2. The van der Waals surface area contributed by atoms with Gasteiger partial charge in [0.05, 0.1) is 12.5 Å². The largest absolute Gasteiger partial charge is 0.466 e. The summed E-state index contributed by atoms with van der Waals surface area (Å²) >= 11 is 0. The van der Waals surface area contributed by atoms with Crippen molar-refractivity contribution in [2.24, 2.45) is 5.92 Å². The number of benzene rings is 2. The first-order valence-electron chi connectivity index (χ1n) is 10.3. The van der Waals surface area contributed by atoms with E-state index in [4.69, 9.17) is 4.74 Å². The van der Waals surface area contributed by atoms with Crippen molar-refractivity contribution in [2.75, 3.05) is 26.2 Å². The zero-order valence-corrected chi connectivity index (χ0v) is 16.2. The van der Waals surface area contributed by atoms with Crippen LogP contribution in [0.2, 0.25) is 0 Å². The Hall–Kier alpha value is -2.13. The standard InChI is InChI=1S/C24H29NO2/c1-2-27-24(26)20-10-7-15-25(16-20)17-23-21-11-5-3-8-18(21)13-14-19-9-4-6-12-22(19)23/h3-6,8-9,11-12,20,23H,2,7,10,13-17H2,1H3/t20-/m1/s1. The van der Waals surface area contributed by atoms with E-state index < -0.39 is 0 Å². The summed E-state index contributed by atoms with van der Waals surface area (Å²) < 4.78 is 5.29. The minimum absolute atomic E-state index is 0.0231. The number of likely N-dealkylation sites (tertiary alicyclic amines) is 1. The van der Waals surface area contributed by atoms with E-state index in [1.54, 1.807) is 0 Å². The topological polar surface area (TPSA) is 29.5 Å². The Labute approximate surface area is 162 Å². The Morgan fingerprint density at radius 3 is 2.30 bits per heavy atom. The van der Waals surface area contributed by atoms with Crippen molar-refractivity contribution >= 4 is 5.97 Å². The predicted molar refractivity (Wildman–Crippen MR) is 108 cm³/mol. The summed E-state index contributed by atoms with van der Waals surface area (Å²) in [4.78, 5) is 14.7. The smallest absolute Gasteiger partial charge is 0.310 e. The van der Waals surface area contributed by atoms with Crippen LogP contribution in [0.15, 0.2) is 48.5 Å². The van der Waals surface area contributed by atoms with Gasteiger partial charge < -0.3 is 9.64 Å². The number of rotatable bonds is 4. The number of nitrogens with zero attached hydrogens (tertiary/aromatic N) is 1. The summed E-state index contributed by atoms with van der Waals surface area (Å²) in [6.07, 6.45) is 4.23. The van der Waals surface area contributed by atoms with E-state index in [1.165, 1.54) is 22.3 Å². The number of aryl methyl sites for hydroxylation is 2. The number of carbonyl (C=O) groups excluding carboxylic acids is 1. The number of hydrogen-bond donors (Lipinski definition) is 0. The first-order valence-corrected chi connectivity index (χ1v) is 10.3. The molecule has 0 unspecified atom stereocenters. The van der Waals surface area contributed by atoms with Crippen LogP contribution >= 0.6 is 0 Å². The van der Waals surface area contributed by atoms with Crippen LogP contribution in [0.25, 0.3) is 0 Å². The van der Waals surface area contributed by atoms with Gasteiger partial charge in [0, 0.05) is 19.0 Å². The molecule has 0 spiro atoms. The van der Waals surface area contributed by atoms with Gasteiger partial charge in [0.2, 0.25) is 0 Å². The highest BCUT2D eigenvalue weighted by Gasteiger charge is 2.30. The minimum atomic E-state index is -0.0242. The van der Waals surface area contributed by atoms with E-state index >= 15 is 0 Å². The third-order valence-corrected chi connectivity index (χ3v) is 6.09. The van der Waals surface area contributed by atoms with Gasteiger partial charge in [-0.15, -0.1) is 0 Å². The highest BCUT2D eigenvalue weighted by Crippen LogP contribution is 2.35. The van der Waals surface area contributed by atoms with Crippen LogP contribution in [0.5, 0.6) is 0 Å². The fourth-order valence-corrected chi connectivity index (χ4v) is 4.77. The third kappa shape index (κ3) is 3.93. The second-order valence-corrected chi connectivity index (χ2v) is 7.80. The highest BCUT2D eigenvalue weighted by atomic mass is 16.5. The molecule has 0 radical (unpaired) electrons. The lowest BCUT2D eigenvalue weighted by Crippen LogP contribution is -2.41. The minimum Gasteiger partial charge on any atom is -0.466 e. The third-order valence-electron chi connectivity index (χ3n) is 6.09. The molecule has 0 N–H and O–H groups in total. The van der Waals surface area contributed by atoms with Crippen LogP contribution in [0, 0.1) is 5.92 Å². The van der Waals surface area contributed by atoms with Gasteiger partial charge in [-0.3, -0.25) is 4.79 Å². The lowest BCUT2D eigenvalue weighted by Gasteiger charge is -2.34. The Kier molecular flexibility index (Phi) is 5.58. The molecule has 4 rings (SSSR count). The predicted octanol–water partition coefficient (Wildman–Crippen LogP) is 4.19. The number of carbonyl (C=O) groups is 1. The molecule has 3 heteroatoms. The molecule has 0 bridgehead atoms. The van der Waals surface area contributed by atoms with Crippen LogP contribution in [-0.4, -0.2) is 37.1 Å². The molecule has 1 aliphatic carbocycles. The van der Waals surface area contributed by atoms with E-state index in [9.17, 15) is 4.79 Å². The van der Waals surface area contributed by atoms with E-state index in [0.29, 0.717) is 12.5 Å². The summed E-state index contributed by atoms with van der Waals surface area (Å²) in [6, 6.07) is 17.8. The van der Waals surface area contributed by atoms with E-state index in [1.807, 2.05) is 6.92 Å². The maximum atomic E-state index is 12.2. The molecule has 27 heavy (non-hydrogen) atoms. The van der Waals surface area contributed by atoms with Crippen LogP contribution in [-0.2, 0) is 22.4 Å². The van der Waals surface area contributed by atoms with Gasteiger partial charge in [0.1, 0.15) is 0 Å². The van der Waals surface area contributed by atoms with Gasteiger partial charge in [0.15, 0.2) is 0 Å². The molecular weight excluding hydrogens is 334 g/mol. The molecule has 1 atom stereocenters. The lowest BCUT2D eigenvalue weighted by atomic mass is 9.86. The number of esters is 1. The average molecular weight is 364 g/mol. The first-order chi connectivity index (χ1) is 13.3. The Morgan fingerprint density at radius 1 is 1.04 bits per heavy atom. The van der Waals surface area contributed by atoms with Crippen molar-refractivity contribution in [2.45, 2.75) is 38.5 Å². The number of hydrogen-bond acceptors (Lipinski definition) is 3. The quantitative estimate of drug-likeness (QED) is 0.763. The molecule has 2 aliphatic rings. The summed E-state index contributed by atoms with van der Waals surface area (Å²) in [5.74, 6) is 0.375. The fraction of sp³-hybridized carbons (Fsp3) is 0.458. The monoisotopic (exact) mass is 363 g/mol. The van der Waals surface area contributed by atoms with Gasteiger partial charge in [-0.25, -0.2) is 0 Å². The van der Waals surface area contributed by atoms with Gasteiger partial charge in [-0.1, -0.05) is 48.5 Å². The van der Waals surface area contributed by atoms with E-state index in [0.717, 1.165) is 45.3 Å². The van der Waals surface area contributed by atoms with Gasteiger partial charge in [0.25, 0.3) is 0 Å². The molecule has 1 aliphatic heterocycles. The Balaban J connectivity index is 1.60. The molecule has 1 heterocycles. The summed E-state index contributed by atoms with van der Waals surface area (Å²) in [6.45, 7) is 5.22. The van der Waals surface area contributed by atoms with E-state index in [-0.39, 0.29) is 11.9 Å². The molecule has 2 aromatic rings. The normalized spacial score (nSPS) is 20.4. The Morgan fingerprint density at radius 2 is 1.67 bits per heavy atom. The van der Waals surface area contributed by atoms with Crippen molar-refractivity contribution in [1.29, 1.82) is 0 Å². The van der Waals surface area contributed by atoms with Gasteiger partial charge in [-0.2, -0.15) is 0 Å². The lowest BCUT2D eigenvalue weighted by molar-refractivity contribution is -0.149. The molecular formula is C24H29NO2. The van der Waals surface area contributed by atoms with Crippen molar-refractivity contribution in [1.82, 2.24) is 4.90 Å². The van der Waals surface area contributed by atoms with Crippen LogP contribution in [0.4, 0.5) is 0 Å². The Bertz CT molecular complexity index is 753. The summed E-state index contributed by atoms with van der Waals surface area (Å²) in [7, 11) is 0. The molecule has 1 saturated heterocycles. The van der Waals surface area contributed by atoms with E-state index in [2.05, 4.69) is 53.4 Å². The number of fused-ring (bicyclic) bond motifs is 2. The van der Waals surface area contributed by atoms with Gasteiger partial charge >= 0.3 is 5.97 Å². The van der Waals surface area contributed by atoms with Crippen LogP contribution < -0.4 is 0 Å². The average Bonchev–Trinajstić information content (AvgIpc) is 2.86. The zero-order valence-electron chi connectivity index (χ0n) is 16.2. The molecule has 0 saturated carbocycles. The number of piperidine rings is 1. The van der Waals surface area contributed by atoms with Gasteiger partial charge in [-0.05, 0) is 61.4 Å². The summed E-state index contributed by atoms with van der Waals surface area (Å²) in [5.41, 5.74) is 5.86. The summed E-state index contributed by atoms with van der Waals surface area (Å²) in [5, 5.41) is 0. The molecule has 3 nitrogen and oxygen atoms in total. The van der Waals surface area contributed by atoms with Crippen molar-refractivity contribution in [3.8, 4) is 0 Å². The molecule has 142 valence electrons. The van der Waals surface area contributed by atoms with Crippen LogP contribution in [0.1, 0.15) is 47.9 Å². The molecule has 0 aromatic heterocycles. The van der Waals surface area contributed by atoms with Crippen LogP contribution in [0.3, 0.4) is 0 Å². The maximum Gasteiger partial charge on any atom is 0.310 e. The molecule has 1 fully saturated rings. The number of ether oxygens (including phenoxy) is 1. The SMILES string of the molecule is CCOC(=O)[C@@H]1CCCN(CC2c3ccccc3CCc3ccccc32)C1. The molecule has 0 amide bonds. The highest BCUT2D eigenvalue weighted by molar-refractivity contribution is 5.72. The zero-order chi connectivity index (χ0) is 18.6. The van der Waals surface area contributed by atoms with Crippen molar-refractivity contribution in [3.05, 3.63) is 70.8 Å². The second kappa shape index (κ2) is 8.26. The van der Waals surface area contributed by atoms with Crippen molar-refractivity contribution < 1.29 is 9.53 Å². The maximum absolute atomic E-state index is 12.2. The fourth-order valence-electron chi connectivity index (χ4n) is 4.77. The van der Waals surface area contributed by atoms with Crippen molar-refractivity contribution in [3.63, 3.8) is 0 Å².